The van der Waals surface area contributed by atoms with Gasteiger partial charge in [-0.05, 0) is 264 Å². The first kappa shape index (κ1) is 99.1. The second-order valence-electron chi connectivity index (χ2n) is 24.8. The van der Waals surface area contributed by atoms with Gasteiger partial charge >= 0.3 is 0 Å². The molecule has 16 aromatic rings. The molecule has 0 saturated heterocycles. The Kier molecular flexibility index (Phi) is 49.1. The van der Waals surface area contributed by atoms with E-state index in [1.807, 2.05) is 216 Å². The van der Waals surface area contributed by atoms with Gasteiger partial charge in [0.05, 0.1) is 22.1 Å². The molecule has 0 spiro atoms. The summed E-state index contributed by atoms with van der Waals surface area (Å²) in [6.45, 7) is 66.0. The summed E-state index contributed by atoms with van der Waals surface area (Å²) in [5.41, 5.74) is 25.4. The molecule has 0 aliphatic rings. The zero-order valence-electron chi connectivity index (χ0n) is 74.8. The summed E-state index contributed by atoms with van der Waals surface area (Å²) in [4.78, 5) is 29.8. The molecule has 0 amide bonds. The summed E-state index contributed by atoms with van der Waals surface area (Å²) in [5.74, 6) is 0. The van der Waals surface area contributed by atoms with Crippen molar-refractivity contribution >= 4 is 86.7 Å². The van der Waals surface area contributed by atoms with Crippen molar-refractivity contribution in [3.05, 3.63) is 339 Å². The van der Waals surface area contributed by atoms with E-state index in [2.05, 4.69) is 290 Å². The monoisotopic (exact) mass is 1500 g/mol. The molecule has 9 aromatic carbocycles. The van der Waals surface area contributed by atoms with E-state index in [0.29, 0.717) is 0 Å². The van der Waals surface area contributed by atoms with Gasteiger partial charge in [0.25, 0.3) is 0 Å². The van der Waals surface area contributed by atoms with Crippen molar-refractivity contribution < 1.29 is 0 Å². The molecular weight excluding hydrogens is 1360 g/mol. The number of pyridine rings is 7. The third-order valence-electron chi connectivity index (χ3n) is 18.7. The standard InChI is InChI=1S/C12H12.7C11H11N.8C2H6/c1-9-7-8-11-5-3-4-6-12(11)10(9)2;1-8-3-4-10-7-12-6-5-11(10)9(8)2;1-8-3-4-10-5-6-12-7-11(10)9(8)2;1-8-5-6-11-10(9(8)2)4-3-7-12-11;2*1-8-5-6-10-4-3-7-12-11(10)9(8)2;1-8-9(2)12-7-10-5-3-4-6-11(8)10;1-8-7-12-11-6-4-3-5-10(11)9(8)2;8*1-2/h3-8H,1-2H3;7*3-7H,1-2H3;8*1-2H3. The summed E-state index contributed by atoms with van der Waals surface area (Å²) in [7, 11) is 0. The molecule has 7 aromatic heterocycles. The zero-order chi connectivity index (χ0) is 84.4. The van der Waals surface area contributed by atoms with Gasteiger partial charge in [-0.1, -0.05) is 262 Å². The molecule has 0 atom stereocenters. The van der Waals surface area contributed by atoms with E-state index >= 15 is 0 Å². The average molecular weight is 1500 g/mol. The van der Waals surface area contributed by atoms with Crippen LogP contribution in [0.15, 0.2) is 250 Å². The first-order valence-corrected chi connectivity index (χ1v) is 40.9. The van der Waals surface area contributed by atoms with Crippen molar-refractivity contribution in [2.24, 2.45) is 0 Å². The maximum absolute atomic E-state index is 4.34. The number of aryl methyl sites for hydroxylation is 16. The highest BCUT2D eigenvalue weighted by Gasteiger charge is 2.05. The lowest BCUT2D eigenvalue weighted by Crippen LogP contribution is -1.87. The second-order valence-corrected chi connectivity index (χ2v) is 24.8. The first-order chi connectivity index (χ1) is 54.3. The van der Waals surface area contributed by atoms with Crippen molar-refractivity contribution in [2.45, 2.75) is 222 Å². The summed E-state index contributed by atoms with van der Waals surface area (Å²) >= 11 is 0. The SMILES string of the molecule is CC.CC.CC.CC.CC.CC.CC.CC.Cc1ccc2ccccc2c1C.Cc1ccc2cccnc2c1C.Cc1ccc2cccnc2c1C.Cc1ccc2ccncc2c1C.Cc1ccc2cnccc2c1C.Cc1ccc2ncccc2c1C.Cc1cnc2ccccc2c1C.Cc1ncc2ccccc2c1C. The molecule has 112 heavy (non-hydrogen) atoms. The smallest absolute Gasteiger partial charge is 0.0733 e. The quantitative estimate of drug-likeness (QED) is 0.149. The van der Waals surface area contributed by atoms with Crippen molar-refractivity contribution in [1.82, 2.24) is 34.9 Å². The third-order valence-corrected chi connectivity index (χ3v) is 18.7. The van der Waals surface area contributed by atoms with Gasteiger partial charge in [0.1, 0.15) is 0 Å². The molecule has 0 unspecified atom stereocenters. The van der Waals surface area contributed by atoms with Gasteiger partial charge in [0.2, 0.25) is 0 Å². The van der Waals surface area contributed by atoms with Crippen molar-refractivity contribution in [3.63, 3.8) is 0 Å². The van der Waals surface area contributed by atoms with Gasteiger partial charge in [-0.25, -0.2) is 0 Å². The zero-order valence-corrected chi connectivity index (χ0v) is 74.8. The Morgan fingerprint density at radius 1 is 0.170 bits per heavy atom. The van der Waals surface area contributed by atoms with E-state index < -0.39 is 0 Å². The lowest BCUT2D eigenvalue weighted by atomic mass is 10.0. The minimum Gasteiger partial charge on any atom is -0.264 e. The van der Waals surface area contributed by atoms with E-state index in [1.54, 1.807) is 0 Å². The number of hydrogen-bond acceptors (Lipinski definition) is 7. The van der Waals surface area contributed by atoms with Gasteiger partial charge in [-0.15, -0.1) is 0 Å². The molecule has 0 bridgehead atoms. The Bertz CT molecular complexity index is 4340. The minimum absolute atomic E-state index is 1.08. The Morgan fingerprint density at radius 3 is 0.991 bits per heavy atom. The van der Waals surface area contributed by atoms with Crippen LogP contribution in [-0.4, -0.2) is 34.9 Å². The van der Waals surface area contributed by atoms with Crippen LogP contribution in [0.2, 0.25) is 0 Å². The topological polar surface area (TPSA) is 90.2 Å². The predicted octanol–water partition coefficient (Wildman–Crippen LogP) is 31.6. The number of rotatable bonds is 0. The van der Waals surface area contributed by atoms with Crippen molar-refractivity contribution in [3.8, 4) is 0 Å². The highest BCUT2D eigenvalue weighted by molar-refractivity contribution is 5.89. The van der Waals surface area contributed by atoms with Gasteiger partial charge in [-0.2, -0.15) is 0 Å². The Morgan fingerprint density at radius 2 is 0.482 bits per heavy atom. The van der Waals surface area contributed by atoms with Crippen molar-refractivity contribution in [2.75, 3.05) is 0 Å². The van der Waals surface area contributed by atoms with Crippen LogP contribution in [0.1, 0.15) is 200 Å². The number of hydrogen-bond donors (Lipinski definition) is 0. The molecule has 7 heteroatoms. The molecule has 0 radical (unpaired) electrons. The average Bonchev–Trinajstić information content (AvgIpc) is 0.893. The Balaban J connectivity index is 0.000000623. The normalized spacial score (nSPS) is 9.43. The number of benzene rings is 9. The highest BCUT2D eigenvalue weighted by Crippen LogP contribution is 2.26. The van der Waals surface area contributed by atoms with Gasteiger partial charge < -0.3 is 0 Å². The fraction of sp³-hybridized carbons (Fsp3) is 0.305. The summed E-state index contributed by atoms with van der Waals surface area (Å²) in [5, 5.41) is 15.3. The van der Waals surface area contributed by atoms with E-state index in [-0.39, 0.29) is 0 Å². The number of para-hydroxylation sites is 1. The molecule has 0 N–H and O–H groups in total. The second kappa shape index (κ2) is 55.5. The predicted molar refractivity (Wildman–Crippen MR) is 503 cm³/mol. The van der Waals surface area contributed by atoms with Crippen LogP contribution < -0.4 is 0 Å². The number of aromatic nitrogens is 7. The minimum atomic E-state index is 1.08. The van der Waals surface area contributed by atoms with Gasteiger partial charge in [-0.3, -0.25) is 34.9 Å². The lowest BCUT2D eigenvalue weighted by molar-refractivity contribution is 1.18. The van der Waals surface area contributed by atoms with Crippen molar-refractivity contribution in [1.29, 1.82) is 0 Å². The summed E-state index contributed by atoms with van der Waals surface area (Å²) < 4.78 is 0. The molecule has 0 aliphatic carbocycles. The molecule has 7 heterocycles. The van der Waals surface area contributed by atoms with Crippen LogP contribution in [0.5, 0.6) is 0 Å². The van der Waals surface area contributed by atoms with Gasteiger partial charge in [0, 0.05) is 99.2 Å². The van der Waals surface area contributed by atoms with Crippen LogP contribution in [0.25, 0.3) is 86.7 Å². The third kappa shape index (κ3) is 29.1. The van der Waals surface area contributed by atoms with E-state index in [9.17, 15) is 0 Å². The Hall–Kier alpha value is -10.9. The van der Waals surface area contributed by atoms with E-state index in [1.165, 1.54) is 148 Å². The molecule has 592 valence electrons. The fourth-order valence-electron chi connectivity index (χ4n) is 11.4. The summed E-state index contributed by atoms with van der Waals surface area (Å²) in [6.07, 6.45) is 16.9. The van der Waals surface area contributed by atoms with Crippen LogP contribution in [0.4, 0.5) is 0 Å². The molecule has 16 rings (SSSR count). The first-order valence-electron chi connectivity index (χ1n) is 40.9. The number of fused-ring (bicyclic) bond motifs is 8. The maximum Gasteiger partial charge on any atom is 0.0733 e. The summed E-state index contributed by atoms with van der Waals surface area (Å²) in [6, 6.07) is 67.0. The maximum atomic E-state index is 4.34. The van der Waals surface area contributed by atoms with Crippen LogP contribution >= 0.6 is 0 Å². The lowest BCUT2D eigenvalue weighted by Gasteiger charge is -2.04. The number of nitrogens with zero attached hydrogens (tertiary/aromatic N) is 7. The molecule has 0 aliphatic heterocycles. The van der Waals surface area contributed by atoms with Gasteiger partial charge in [0.15, 0.2) is 0 Å². The molecule has 0 saturated carbocycles. The van der Waals surface area contributed by atoms with E-state index in [0.717, 1.165) is 27.8 Å². The van der Waals surface area contributed by atoms with Crippen LogP contribution in [0, 0.1) is 111 Å². The van der Waals surface area contributed by atoms with E-state index in [4.69, 9.17) is 0 Å². The Labute approximate surface area is 678 Å². The molecule has 7 nitrogen and oxygen atoms in total. The fourth-order valence-corrected chi connectivity index (χ4v) is 11.4. The highest BCUT2D eigenvalue weighted by atomic mass is 14.7. The molecular formula is C105H137N7. The largest absolute Gasteiger partial charge is 0.264 e. The van der Waals surface area contributed by atoms with Crippen LogP contribution in [-0.2, 0) is 0 Å². The van der Waals surface area contributed by atoms with Crippen LogP contribution in [0.3, 0.4) is 0 Å². The molecule has 0 fully saturated rings.